The quantitative estimate of drug-likeness (QED) is 0.904. The molecule has 1 aromatic carbocycles. The zero-order valence-electron chi connectivity index (χ0n) is 11.5. The van der Waals surface area contributed by atoms with E-state index in [-0.39, 0.29) is 6.54 Å². The topological polar surface area (TPSA) is 66.6 Å². The molecule has 2 rings (SSSR count). The predicted molar refractivity (Wildman–Crippen MR) is 82.7 cm³/mol. The summed E-state index contributed by atoms with van der Waals surface area (Å²) in [4.78, 5) is 2.11. The van der Waals surface area contributed by atoms with E-state index in [2.05, 4.69) is 4.90 Å². The van der Waals surface area contributed by atoms with E-state index in [1.165, 1.54) is 4.31 Å². The summed E-state index contributed by atoms with van der Waals surface area (Å²) in [7, 11) is -3.28. The molecule has 0 spiro atoms. The lowest BCUT2D eigenvalue weighted by atomic mass is 10.2. The summed E-state index contributed by atoms with van der Waals surface area (Å²) >= 11 is 6.17. The zero-order valence-corrected chi connectivity index (χ0v) is 13.1. The minimum absolute atomic E-state index is 0.146. The third kappa shape index (κ3) is 3.09. The van der Waals surface area contributed by atoms with Crippen LogP contribution in [0.15, 0.2) is 24.3 Å². The summed E-state index contributed by atoms with van der Waals surface area (Å²) in [6.07, 6.45) is 0. The average molecular weight is 318 g/mol. The number of hydrogen-bond acceptors (Lipinski definition) is 4. The van der Waals surface area contributed by atoms with Gasteiger partial charge in [0, 0.05) is 32.7 Å². The van der Waals surface area contributed by atoms with E-state index in [1.807, 2.05) is 24.3 Å². The van der Waals surface area contributed by atoms with Crippen LogP contribution in [0.4, 0.5) is 5.69 Å². The minimum Gasteiger partial charge on any atom is -0.368 e. The first-order valence-electron chi connectivity index (χ1n) is 6.65. The van der Waals surface area contributed by atoms with E-state index < -0.39 is 15.3 Å². The molecule has 1 fully saturated rings. The smallest absolute Gasteiger partial charge is 0.218 e. The molecule has 1 atom stereocenters. The van der Waals surface area contributed by atoms with Crippen LogP contribution in [0.25, 0.3) is 0 Å². The number of rotatable bonds is 4. The van der Waals surface area contributed by atoms with Crippen molar-refractivity contribution in [1.29, 1.82) is 0 Å². The summed E-state index contributed by atoms with van der Waals surface area (Å²) in [5.41, 5.74) is 6.43. The second-order valence-electron chi connectivity index (χ2n) is 4.93. The number of anilines is 1. The zero-order chi connectivity index (χ0) is 14.8. The third-order valence-electron chi connectivity index (χ3n) is 3.63. The van der Waals surface area contributed by atoms with Gasteiger partial charge in [-0.3, -0.25) is 0 Å². The second kappa shape index (κ2) is 6.30. The van der Waals surface area contributed by atoms with Crippen molar-refractivity contribution in [3.63, 3.8) is 0 Å². The van der Waals surface area contributed by atoms with Crippen LogP contribution in [-0.4, -0.2) is 50.7 Å². The Bertz CT molecular complexity index is 556. The molecule has 0 saturated carbocycles. The van der Waals surface area contributed by atoms with E-state index in [0.717, 1.165) is 5.69 Å². The highest BCUT2D eigenvalue weighted by atomic mass is 35.5. The Morgan fingerprint density at radius 3 is 2.40 bits per heavy atom. The van der Waals surface area contributed by atoms with Gasteiger partial charge in [0.25, 0.3) is 0 Å². The first-order chi connectivity index (χ1) is 9.46. The molecule has 20 heavy (non-hydrogen) atoms. The van der Waals surface area contributed by atoms with Crippen molar-refractivity contribution in [2.75, 3.05) is 37.6 Å². The Morgan fingerprint density at radius 2 is 1.85 bits per heavy atom. The molecule has 112 valence electrons. The van der Waals surface area contributed by atoms with Gasteiger partial charge in [-0.05, 0) is 19.1 Å². The molecule has 1 heterocycles. The molecule has 0 bridgehead atoms. The number of nitrogens with zero attached hydrogens (tertiary/aromatic N) is 2. The van der Waals surface area contributed by atoms with Gasteiger partial charge in [0.2, 0.25) is 10.0 Å². The molecule has 1 aromatic rings. The number of para-hydroxylation sites is 1. The normalized spacial score (nSPS) is 19.1. The van der Waals surface area contributed by atoms with E-state index in [4.69, 9.17) is 17.3 Å². The molecule has 0 aromatic heterocycles. The second-order valence-corrected chi connectivity index (χ2v) is 7.69. The Morgan fingerprint density at radius 1 is 1.25 bits per heavy atom. The van der Waals surface area contributed by atoms with Crippen LogP contribution in [0.3, 0.4) is 0 Å². The molecule has 1 aliphatic rings. The van der Waals surface area contributed by atoms with Gasteiger partial charge in [0.1, 0.15) is 0 Å². The molecule has 2 N–H and O–H groups in total. The van der Waals surface area contributed by atoms with Crippen LogP contribution >= 0.6 is 11.6 Å². The van der Waals surface area contributed by atoms with Crippen molar-refractivity contribution >= 4 is 27.3 Å². The van der Waals surface area contributed by atoms with Gasteiger partial charge in [-0.25, -0.2) is 8.42 Å². The summed E-state index contributed by atoms with van der Waals surface area (Å²) in [5.74, 6) is 0. The van der Waals surface area contributed by atoms with Gasteiger partial charge in [-0.15, -0.1) is 0 Å². The van der Waals surface area contributed by atoms with Crippen LogP contribution in [0, 0.1) is 0 Å². The molecule has 1 unspecified atom stereocenters. The Labute approximate surface area is 125 Å². The number of piperazine rings is 1. The lowest BCUT2D eigenvalue weighted by Crippen LogP contribution is -2.51. The number of benzene rings is 1. The maximum atomic E-state index is 12.2. The van der Waals surface area contributed by atoms with E-state index in [1.54, 1.807) is 6.92 Å². The van der Waals surface area contributed by atoms with Crippen LogP contribution < -0.4 is 10.6 Å². The third-order valence-corrected chi connectivity index (χ3v) is 6.25. The fourth-order valence-electron chi connectivity index (χ4n) is 2.27. The van der Waals surface area contributed by atoms with Crippen molar-refractivity contribution in [1.82, 2.24) is 4.31 Å². The lowest BCUT2D eigenvalue weighted by molar-refractivity contribution is 0.380. The summed E-state index contributed by atoms with van der Waals surface area (Å²) < 4.78 is 26.0. The Hall–Kier alpha value is -0.820. The van der Waals surface area contributed by atoms with Crippen LogP contribution in [0.5, 0.6) is 0 Å². The van der Waals surface area contributed by atoms with Gasteiger partial charge in [-0.2, -0.15) is 4.31 Å². The van der Waals surface area contributed by atoms with Crippen LogP contribution in [-0.2, 0) is 10.0 Å². The summed E-state index contributed by atoms with van der Waals surface area (Å²) in [5, 5.41) is 0.161. The first-order valence-corrected chi connectivity index (χ1v) is 8.53. The fourth-order valence-corrected chi connectivity index (χ4v) is 3.95. The van der Waals surface area contributed by atoms with Crippen molar-refractivity contribution in [3.05, 3.63) is 29.3 Å². The highest BCUT2D eigenvalue weighted by molar-refractivity contribution is 7.89. The molecule has 0 radical (unpaired) electrons. The SMILES string of the molecule is CC(CN)S(=O)(=O)N1CCN(c2ccccc2Cl)CC1. The van der Waals surface area contributed by atoms with Gasteiger partial charge in [-0.1, -0.05) is 23.7 Å². The molecule has 5 nitrogen and oxygen atoms in total. The minimum atomic E-state index is -3.28. The molecule has 0 amide bonds. The highest BCUT2D eigenvalue weighted by Gasteiger charge is 2.31. The number of sulfonamides is 1. The highest BCUT2D eigenvalue weighted by Crippen LogP contribution is 2.26. The largest absolute Gasteiger partial charge is 0.368 e. The Kier molecular flexibility index (Phi) is 4.90. The van der Waals surface area contributed by atoms with Crippen molar-refractivity contribution in [2.24, 2.45) is 5.73 Å². The predicted octanol–water partition coefficient (Wildman–Crippen LogP) is 1.14. The molecule has 7 heteroatoms. The lowest BCUT2D eigenvalue weighted by Gasteiger charge is -2.36. The van der Waals surface area contributed by atoms with Crippen LogP contribution in [0.1, 0.15) is 6.92 Å². The van der Waals surface area contributed by atoms with Crippen molar-refractivity contribution in [2.45, 2.75) is 12.2 Å². The molecule has 1 saturated heterocycles. The Balaban J connectivity index is 2.05. The van der Waals surface area contributed by atoms with Crippen LogP contribution in [0.2, 0.25) is 5.02 Å². The molecule has 0 aliphatic carbocycles. The van der Waals surface area contributed by atoms with E-state index in [0.29, 0.717) is 31.2 Å². The van der Waals surface area contributed by atoms with Gasteiger partial charge in [0.15, 0.2) is 0 Å². The van der Waals surface area contributed by atoms with Crippen molar-refractivity contribution in [3.8, 4) is 0 Å². The van der Waals surface area contributed by atoms with Crippen molar-refractivity contribution < 1.29 is 8.42 Å². The van der Waals surface area contributed by atoms with E-state index >= 15 is 0 Å². The number of hydrogen-bond donors (Lipinski definition) is 1. The maximum absolute atomic E-state index is 12.2. The van der Waals surface area contributed by atoms with E-state index in [9.17, 15) is 8.42 Å². The average Bonchev–Trinajstić information content (AvgIpc) is 2.47. The van der Waals surface area contributed by atoms with Gasteiger partial charge >= 0.3 is 0 Å². The standard InChI is InChI=1S/C13H20ClN3O2S/c1-11(10-15)20(18,19)17-8-6-16(7-9-17)13-5-3-2-4-12(13)14/h2-5,11H,6-10,15H2,1H3. The molecular weight excluding hydrogens is 298 g/mol. The molecular formula is C13H20ClN3O2S. The van der Waals surface area contributed by atoms with Gasteiger partial charge < -0.3 is 10.6 Å². The first kappa shape index (κ1) is 15.6. The monoisotopic (exact) mass is 317 g/mol. The molecule has 1 aliphatic heterocycles. The number of halogens is 1. The number of nitrogens with two attached hydrogens (primary N) is 1. The van der Waals surface area contributed by atoms with Gasteiger partial charge in [0.05, 0.1) is 16.0 Å². The summed E-state index contributed by atoms with van der Waals surface area (Å²) in [6, 6.07) is 7.61. The fraction of sp³-hybridized carbons (Fsp3) is 0.538. The maximum Gasteiger partial charge on any atom is 0.218 e. The summed E-state index contributed by atoms with van der Waals surface area (Å²) in [6.45, 7) is 4.01.